The molecule has 1 aromatic carbocycles. The van der Waals surface area contributed by atoms with E-state index in [-0.39, 0.29) is 42.0 Å². The summed E-state index contributed by atoms with van der Waals surface area (Å²) < 4.78 is 0. The van der Waals surface area contributed by atoms with Crippen LogP contribution in [-0.2, 0) is 9.59 Å². The zero-order valence-corrected chi connectivity index (χ0v) is 13.5. The molecule has 3 rings (SSSR count). The number of carbonyl (C=O) groups excluding carboxylic acids is 2. The Hall–Kier alpha value is -1.59. The molecule has 2 unspecified atom stereocenters. The number of hydrogen-bond donors (Lipinski definition) is 2. The van der Waals surface area contributed by atoms with E-state index in [1.54, 1.807) is 0 Å². The van der Waals surface area contributed by atoms with Gasteiger partial charge < -0.3 is 16.0 Å². The van der Waals surface area contributed by atoms with Gasteiger partial charge in [-0.05, 0) is 30.0 Å². The van der Waals surface area contributed by atoms with E-state index in [1.165, 1.54) is 0 Å². The molecule has 0 aromatic heterocycles. The molecule has 2 aliphatic heterocycles. The predicted molar refractivity (Wildman–Crippen MR) is 88.0 cm³/mol. The van der Waals surface area contributed by atoms with Gasteiger partial charge in [0.2, 0.25) is 11.8 Å². The van der Waals surface area contributed by atoms with Gasteiger partial charge >= 0.3 is 0 Å². The lowest BCUT2D eigenvalue weighted by Gasteiger charge is -2.29. The third kappa shape index (κ3) is 2.96. The normalized spacial score (nSPS) is 26.9. The van der Waals surface area contributed by atoms with Crippen LogP contribution in [0.1, 0.15) is 31.2 Å². The van der Waals surface area contributed by atoms with Crippen LogP contribution in [0.5, 0.6) is 0 Å². The molecule has 0 spiro atoms. The summed E-state index contributed by atoms with van der Waals surface area (Å²) in [7, 11) is 0. The van der Waals surface area contributed by atoms with E-state index in [4.69, 9.17) is 5.73 Å². The molecule has 120 valence electrons. The summed E-state index contributed by atoms with van der Waals surface area (Å²) in [5.41, 5.74) is 7.49. The van der Waals surface area contributed by atoms with Crippen LogP contribution in [0.3, 0.4) is 0 Å². The number of benzene rings is 1. The SMILES string of the molecule is CC1(CN)CCN(C(=O)C2CC(=O)Nc3ccccc32)C1.Cl. The van der Waals surface area contributed by atoms with Gasteiger partial charge in [0.1, 0.15) is 0 Å². The van der Waals surface area contributed by atoms with Crippen LogP contribution in [0.2, 0.25) is 0 Å². The van der Waals surface area contributed by atoms with E-state index < -0.39 is 0 Å². The first-order chi connectivity index (χ1) is 10.0. The molecule has 6 heteroatoms. The average Bonchev–Trinajstić information content (AvgIpc) is 2.89. The van der Waals surface area contributed by atoms with E-state index in [2.05, 4.69) is 12.2 Å². The fraction of sp³-hybridized carbons (Fsp3) is 0.500. The molecule has 1 fully saturated rings. The number of nitrogens with zero attached hydrogens (tertiary/aromatic N) is 1. The van der Waals surface area contributed by atoms with Gasteiger partial charge in [0, 0.05) is 25.2 Å². The van der Waals surface area contributed by atoms with Gasteiger partial charge in [-0.15, -0.1) is 12.4 Å². The number of likely N-dealkylation sites (tertiary alicyclic amines) is 1. The second kappa shape index (κ2) is 6.26. The molecule has 2 atom stereocenters. The lowest BCUT2D eigenvalue weighted by atomic mass is 9.88. The van der Waals surface area contributed by atoms with Crippen molar-refractivity contribution in [3.8, 4) is 0 Å². The standard InChI is InChI=1S/C16H21N3O2.ClH/c1-16(9-17)6-7-19(10-16)15(21)12-8-14(20)18-13-5-3-2-4-11(12)13;/h2-5,12H,6-10,17H2,1H3,(H,18,20);1H. The van der Waals surface area contributed by atoms with Crippen LogP contribution in [0.25, 0.3) is 0 Å². The van der Waals surface area contributed by atoms with E-state index in [1.807, 2.05) is 29.2 Å². The highest BCUT2D eigenvalue weighted by Crippen LogP contribution is 2.36. The summed E-state index contributed by atoms with van der Waals surface area (Å²) in [5.74, 6) is -0.405. The summed E-state index contributed by atoms with van der Waals surface area (Å²) in [6, 6.07) is 7.55. The van der Waals surface area contributed by atoms with Crippen molar-refractivity contribution in [2.75, 3.05) is 25.0 Å². The van der Waals surface area contributed by atoms with Crippen molar-refractivity contribution in [2.24, 2.45) is 11.1 Å². The first kappa shape index (κ1) is 16.8. The topological polar surface area (TPSA) is 75.4 Å². The number of fused-ring (bicyclic) bond motifs is 1. The molecular formula is C16H22ClN3O2. The fourth-order valence-corrected chi connectivity index (χ4v) is 3.23. The molecule has 0 saturated carbocycles. The van der Waals surface area contributed by atoms with Gasteiger partial charge in [-0.3, -0.25) is 9.59 Å². The molecule has 5 nitrogen and oxygen atoms in total. The van der Waals surface area contributed by atoms with E-state index in [9.17, 15) is 9.59 Å². The van der Waals surface area contributed by atoms with Crippen molar-refractivity contribution < 1.29 is 9.59 Å². The van der Waals surface area contributed by atoms with Crippen molar-refractivity contribution in [1.29, 1.82) is 0 Å². The number of nitrogens with one attached hydrogen (secondary N) is 1. The summed E-state index contributed by atoms with van der Waals surface area (Å²) in [4.78, 5) is 26.5. The minimum absolute atomic E-state index is 0. The minimum Gasteiger partial charge on any atom is -0.342 e. The van der Waals surface area contributed by atoms with Crippen molar-refractivity contribution in [2.45, 2.75) is 25.7 Å². The third-order valence-electron chi connectivity index (χ3n) is 4.66. The maximum absolute atomic E-state index is 12.8. The quantitative estimate of drug-likeness (QED) is 0.870. The lowest BCUT2D eigenvalue weighted by Crippen LogP contribution is -2.39. The smallest absolute Gasteiger partial charge is 0.230 e. The molecule has 2 amide bonds. The summed E-state index contributed by atoms with van der Waals surface area (Å²) in [6.45, 7) is 4.11. The fourth-order valence-electron chi connectivity index (χ4n) is 3.23. The van der Waals surface area contributed by atoms with E-state index in [0.29, 0.717) is 13.1 Å². The van der Waals surface area contributed by atoms with Gasteiger partial charge in [-0.25, -0.2) is 0 Å². The zero-order chi connectivity index (χ0) is 15.0. The molecule has 1 saturated heterocycles. The average molecular weight is 324 g/mol. The van der Waals surface area contributed by atoms with E-state index >= 15 is 0 Å². The van der Waals surface area contributed by atoms with Crippen LogP contribution >= 0.6 is 12.4 Å². The summed E-state index contributed by atoms with van der Waals surface area (Å²) in [5, 5.41) is 2.83. The van der Waals surface area contributed by atoms with Gasteiger partial charge in [0.15, 0.2) is 0 Å². The Morgan fingerprint density at radius 3 is 2.86 bits per heavy atom. The number of rotatable bonds is 2. The second-order valence-corrected chi connectivity index (χ2v) is 6.42. The molecule has 0 aliphatic carbocycles. The first-order valence-electron chi connectivity index (χ1n) is 7.40. The van der Waals surface area contributed by atoms with Crippen LogP contribution in [0.15, 0.2) is 24.3 Å². The van der Waals surface area contributed by atoms with Crippen molar-refractivity contribution in [1.82, 2.24) is 4.90 Å². The highest BCUT2D eigenvalue weighted by molar-refractivity contribution is 6.01. The molecule has 0 bridgehead atoms. The highest BCUT2D eigenvalue weighted by atomic mass is 35.5. The molecule has 2 aliphatic rings. The second-order valence-electron chi connectivity index (χ2n) is 6.42. The Kier molecular flexibility index (Phi) is 4.78. The van der Waals surface area contributed by atoms with Crippen molar-refractivity contribution in [3.63, 3.8) is 0 Å². The van der Waals surface area contributed by atoms with Gasteiger partial charge in [-0.1, -0.05) is 25.1 Å². The Morgan fingerprint density at radius 1 is 1.45 bits per heavy atom. The highest BCUT2D eigenvalue weighted by Gasteiger charge is 2.39. The Morgan fingerprint density at radius 2 is 2.18 bits per heavy atom. The molecule has 0 radical (unpaired) electrons. The molecule has 2 heterocycles. The first-order valence-corrected chi connectivity index (χ1v) is 7.40. The van der Waals surface area contributed by atoms with Crippen LogP contribution in [-0.4, -0.2) is 36.3 Å². The van der Waals surface area contributed by atoms with Crippen molar-refractivity contribution >= 4 is 29.9 Å². The summed E-state index contributed by atoms with van der Waals surface area (Å²) in [6.07, 6.45) is 1.15. The van der Waals surface area contributed by atoms with Crippen LogP contribution in [0, 0.1) is 5.41 Å². The number of anilines is 1. The number of halogens is 1. The number of nitrogens with two attached hydrogens (primary N) is 1. The Labute approximate surface area is 136 Å². The number of amides is 2. The van der Waals surface area contributed by atoms with Gasteiger partial charge in [0.25, 0.3) is 0 Å². The van der Waals surface area contributed by atoms with Crippen molar-refractivity contribution in [3.05, 3.63) is 29.8 Å². The Balaban J connectivity index is 0.00000176. The minimum atomic E-state index is -0.366. The summed E-state index contributed by atoms with van der Waals surface area (Å²) >= 11 is 0. The van der Waals surface area contributed by atoms with Gasteiger partial charge in [0.05, 0.1) is 5.92 Å². The maximum Gasteiger partial charge on any atom is 0.230 e. The number of hydrogen-bond acceptors (Lipinski definition) is 3. The third-order valence-corrected chi connectivity index (χ3v) is 4.66. The maximum atomic E-state index is 12.8. The number of para-hydroxylation sites is 1. The Bertz CT molecular complexity index is 593. The number of carbonyl (C=O) groups is 2. The predicted octanol–water partition coefficient (Wildman–Crippen LogP) is 1.73. The van der Waals surface area contributed by atoms with Crippen LogP contribution < -0.4 is 11.1 Å². The zero-order valence-electron chi connectivity index (χ0n) is 12.7. The molecular weight excluding hydrogens is 302 g/mol. The van der Waals surface area contributed by atoms with E-state index in [0.717, 1.165) is 24.2 Å². The van der Waals surface area contributed by atoms with Gasteiger partial charge in [-0.2, -0.15) is 0 Å². The molecule has 1 aromatic rings. The van der Waals surface area contributed by atoms with Crippen LogP contribution in [0.4, 0.5) is 5.69 Å². The lowest BCUT2D eigenvalue weighted by molar-refractivity contribution is -0.134. The molecule has 22 heavy (non-hydrogen) atoms. The largest absolute Gasteiger partial charge is 0.342 e. The monoisotopic (exact) mass is 323 g/mol. The molecule has 3 N–H and O–H groups in total.